The van der Waals surface area contributed by atoms with Gasteiger partial charge in [-0.05, 0) is 46.1 Å². The van der Waals surface area contributed by atoms with E-state index in [9.17, 15) is 0 Å². The molecule has 2 saturated heterocycles. The van der Waals surface area contributed by atoms with Crippen LogP contribution in [0.4, 0.5) is 0 Å². The smallest absolute Gasteiger partial charge is 0.187 e. The summed E-state index contributed by atoms with van der Waals surface area (Å²) >= 11 is 1.69. The van der Waals surface area contributed by atoms with Crippen molar-refractivity contribution < 1.29 is 42.6 Å². The first-order valence-electron chi connectivity index (χ1n) is 23.1. The maximum absolute atomic E-state index is 7.49. The van der Waals surface area contributed by atoms with Crippen LogP contribution in [-0.2, 0) is 82.3 Å². The Morgan fingerprint density at radius 2 is 0.758 bits per heavy atom. The Kier molecular flexibility index (Phi) is 18.4. The molecule has 10 heteroatoms. The van der Waals surface area contributed by atoms with Gasteiger partial charge in [0, 0.05) is 0 Å². The zero-order valence-corrected chi connectivity index (χ0v) is 38.6. The molecule has 0 N–H and O–H groups in total. The summed E-state index contributed by atoms with van der Waals surface area (Å²) in [6.45, 7) is 6.37. The average Bonchev–Trinajstić information content (AvgIpc) is 3.36. The van der Waals surface area contributed by atoms with Gasteiger partial charge in [0.05, 0.1) is 52.4 Å². The molecule has 6 aromatic rings. The first kappa shape index (κ1) is 47.8. The summed E-state index contributed by atoms with van der Waals surface area (Å²) in [5, 5.41) is 0. The third-order valence-corrected chi connectivity index (χ3v) is 12.8. The van der Waals surface area contributed by atoms with Gasteiger partial charge in [-0.2, -0.15) is 0 Å². The Morgan fingerprint density at radius 3 is 1.18 bits per heavy atom. The third-order valence-electron chi connectivity index (χ3n) is 11.8. The summed E-state index contributed by atoms with van der Waals surface area (Å²) in [6, 6.07) is 60.9. The van der Waals surface area contributed by atoms with Crippen LogP contribution >= 0.6 is 11.8 Å². The fourth-order valence-electron chi connectivity index (χ4n) is 8.38. The molecule has 0 bridgehead atoms. The first-order valence-corrected chi connectivity index (χ1v) is 24.1. The van der Waals surface area contributed by atoms with E-state index >= 15 is 0 Å². The van der Waals surface area contributed by atoms with E-state index in [1.807, 2.05) is 116 Å². The topological polar surface area (TPSA) is 83.1 Å². The third kappa shape index (κ3) is 13.7. The van der Waals surface area contributed by atoms with E-state index in [2.05, 4.69) is 79.7 Å². The van der Waals surface area contributed by atoms with Gasteiger partial charge in [-0.1, -0.05) is 189 Å². The second-order valence-electron chi connectivity index (χ2n) is 16.6. The standard InChI is InChI=1S/C56H62O9S/c1-3-66-56-54(62-39-47-32-20-9-21-33-47)52(49(41(2)63-56)58-35-43-24-12-5-13-25-43)65-55-53(61-38-46-30-18-8-19-31-46)51(60-37-45-28-16-7-17-29-45)50(59-36-44-26-14-6-15-27-44)48(64-55)40-57-34-42-22-10-4-11-23-42/h4-33,41,48-56H,3,34-40H2,1-2H3/t41-,48+,49-,50+,51-,52+,53+,54+,55+,56-/m0/s1. The lowest BCUT2D eigenvalue weighted by Gasteiger charge is -2.50. The van der Waals surface area contributed by atoms with E-state index in [4.69, 9.17) is 42.6 Å². The van der Waals surface area contributed by atoms with Crippen LogP contribution in [0.3, 0.4) is 0 Å². The highest BCUT2D eigenvalue weighted by atomic mass is 32.2. The SMILES string of the molecule is CCS[C@@H]1O[C@@H](C)[C@H](OCc2ccccc2)[C@@H](O[C@H]2O[C@H](COCc3ccccc3)[C@@H](OCc3ccccc3)[C@H](OCc3ccccc3)[C@H]2OCc2ccccc2)[C@H]1OCc1ccccc1. The molecule has 66 heavy (non-hydrogen) atoms. The monoisotopic (exact) mass is 910 g/mol. The first-order chi connectivity index (χ1) is 32.6. The van der Waals surface area contributed by atoms with Crippen LogP contribution in [0.25, 0.3) is 0 Å². The maximum Gasteiger partial charge on any atom is 0.187 e. The van der Waals surface area contributed by atoms with Gasteiger partial charge in [-0.3, -0.25) is 0 Å². The molecule has 0 unspecified atom stereocenters. The predicted octanol–water partition coefficient (Wildman–Crippen LogP) is 10.7. The fraction of sp³-hybridized carbons (Fsp3) is 0.357. The molecule has 8 rings (SSSR count). The molecule has 0 saturated carbocycles. The van der Waals surface area contributed by atoms with Crippen LogP contribution in [-0.4, -0.2) is 72.9 Å². The molecular weight excluding hydrogens is 849 g/mol. The summed E-state index contributed by atoms with van der Waals surface area (Å²) in [4.78, 5) is 0. The van der Waals surface area contributed by atoms with Crippen LogP contribution in [0.1, 0.15) is 47.2 Å². The van der Waals surface area contributed by atoms with Crippen LogP contribution < -0.4 is 0 Å². The Balaban J connectivity index is 1.18. The molecule has 2 heterocycles. The van der Waals surface area contributed by atoms with E-state index in [1.165, 1.54) is 0 Å². The van der Waals surface area contributed by atoms with Gasteiger partial charge < -0.3 is 42.6 Å². The predicted molar refractivity (Wildman–Crippen MR) is 257 cm³/mol. The molecule has 0 aromatic heterocycles. The average molecular weight is 911 g/mol. The molecule has 0 amide bonds. The van der Waals surface area contributed by atoms with Gasteiger partial charge in [0.25, 0.3) is 0 Å². The number of thioether (sulfide) groups is 1. The molecule has 346 valence electrons. The summed E-state index contributed by atoms with van der Waals surface area (Å²) < 4.78 is 62.9. The molecule has 2 aliphatic rings. The Labute approximate surface area is 394 Å². The molecule has 10 atom stereocenters. The number of ether oxygens (including phenoxy) is 9. The zero-order chi connectivity index (χ0) is 45.2. The van der Waals surface area contributed by atoms with E-state index in [-0.39, 0.29) is 24.8 Å². The second kappa shape index (κ2) is 25.4. The molecule has 9 nitrogen and oxygen atoms in total. The van der Waals surface area contributed by atoms with Crippen molar-refractivity contribution in [2.24, 2.45) is 0 Å². The molecule has 0 aliphatic carbocycles. The lowest BCUT2D eigenvalue weighted by atomic mass is 9.96. The van der Waals surface area contributed by atoms with Crippen molar-refractivity contribution in [2.75, 3.05) is 12.4 Å². The van der Waals surface area contributed by atoms with Crippen molar-refractivity contribution in [2.45, 2.75) is 114 Å². The minimum absolute atomic E-state index is 0.200. The number of benzene rings is 6. The van der Waals surface area contributed by atoms with E-state index < -0.39 is 49.0 Å². The van der Waals surface area contributed by atoms with Crippen molar-refractivity contribution in [3.63, 3.8) is 0 Å². The Bertz CT molecular complexity index is 2230. The van der Waals surface area contributed by atoms with E-state index in [0.717, 1.165) is 39.1 Å². The van der Waals surface area contributed by atoms with Gasteiger partial charge >= 0.3 is 0 Å². The van der Waals surface area contributed by atoms with Crippen molar-refractivity contribution in [3.05, 3.63) is 215 Å². The van der Waals surface area contributed by atoms with Gasteiger partial charge in [0.15, 0.2) is 6.29 Å². The fourth-order valence-corrected chi connectivity index (χ4v) is 9.38. The van der Waals surface area contributed by atoms with Crippen molar-refractivity contribution in [1.29, 1.82) is 0 Å². The lowest BCUT2D eigenvalue weighted by molar-refractivity contribution is -0.358. The Hall–Kier alpha value is -4.69. The highest BCUT2D eigenvalue weighted by Gasteiger charge is 2.54. The summed E-state index contributed by atoms with van der Waals surface area (Å²) in [7, 11) is 0. The normalized spacial score (nSPS) is 25.4. The van der Waals surface area contributed by atoms with Crippen molar-refractivity contribution in [3.8, 4) is 0 Å². The lowest BCUT2D eigenvalue weighted by Crippen LogP contribution is -2.65. The quantitative estimate of drug-likeness (QED) is 0.0620. The number of rotatable bonds is 23. The van der Waals surface area contributed by atoms with Crippen molar-refractivity contribution >= 4 is 11.8 Å². The van der Waals surface area contributed by atoms with Gasteiger partial charge in [-0.25, -0.2) is 0 Å². The molecule has 6 aromatic carbocycles. The molecule has 2 aliphatic heterocycles. The summed E-state index contributed by atoms with van der Waals surface area (Å²) in [5.41, 5.74) is 5.81. The highest BCUT2D eigenvalue weighted by Crippen LogP contribution is 2.38. The van der Waals surface area contributed by atoms with E-state index in [0.29, 0.717) is 33.0 Å². The Morgan fingerprint density at radius 1 is 0.394 bits per heavy atom. The van der Waals surface area contributed by atoms with Crippen LogP contribution in [0.15, 0.2) is 182 Å². The van der Waals surface area contributed by atoms with Gasteiger partial charge in [-0.15, -0.1) is 11.8 Å². The van der Waals surface area contributed by atoms with Gasteiger partial charge in [0.2, 0.25) is 0 Å². The minimum atomic E-state index is -0.982. The minimum Gasteiger partial charge on any atom is -0.374 e. The molecule has 0 radical (unpaired) electrons. The van der Waals surface area contributed by atoms with Gasteiger partial charge in [0.1, 0.15) is 48.2 Å². The second-order valence-corrected chi connectivity index (χ2v) is 18.0. The number of hydrogen-bond donors (Lipinski definition) is 0. The molecule has 2 fully saturated rings. The summed E-state index contributed by atoms with van der Waals surface area (Å²) in [5.74, 6) is 0.810. The van der Waals surface area contributed by atoms with Crippen LogP contribution in [0.2, 0.25) is 0 Å². The molecular formula is C56H62O9S. The number of hydrogen-bond acceptors (Lipinski definition) is 10. The van der Waals surface area contributed by atoms with Crippen LogP contribution in [0.5, 0.6) is 0 Å². The zero-order valence-electron chi connectivity index (χ0n) is 37.8. The highest BCUT2D eigenvalue weighted by molar-refractivity contribution is 7.99. The van der Waals surface area contributed by atoms with E-state index in [1.54, 1.807) is 11.8 Å². The maximum atomic E-state index is 7.49. The van der Waals surface area contributed by atoms with Crippen LogP contribution in [0, 0.1) is 0 Å². The molecule has 0 spiro atoms. The van der Waals surface area contributed by atoms with Crippen molar-refractivity contribution in [1.82, 2.24) is 0 Å². The summed E-state index contributed by atoms with van der Waals surface area (Å²) in [6.07, 6.45) is -5.83. The largest absolute Gasteiger partial charge is 0.374 e.